The van der Waals surface area contributed by atoms with Crippen LogP contribution in [-0.4, -0.2) is 26.8 Å². The van der Waals surface area contributed by atoms with Gasteiger partial charge in [0.25, 0.3) is 5.91 Å². The molecule has 7 nitrogen and oxygen atoms in total. The average molecular weight is 505 g/mol. The zero-order chi connectivity index (χ0) is 24.9. The molecule has 1 aromatic heterocycles. The molecule has 0 radical (unpaired) electrons. The van der Waals surface area contributed by atoms with E-state index >= 15 is 0 Å². The molecule has 4 rings (SSSR count). The first-order valence-corrected chi connectivity index (χ1v) is 11.2. The maximum atomic E-state index is 13.2. The van der Waals surface area contributed by atoms with Crippen LogP contribution in [0.15, 0.2) is 72.8 Å². The monoisotopic (exact) mass is 504 g/mol. The molecule has 9 heteroatoms. The third-order valence-electron chi connectivity index (χ3n) is 5.26. The summed E-state index contributed by atoms with van der Waals surface area (Å²) in [6.07, 6.45) is -0.429. The third kappa shape index (κ3) is 5.35. The summed E-state index contributed by atoms with van der Waals surface area (Å²) in [4.78, 5) is 25.0. The van der Waals surface area contributed by atoms with Gasteiger partial charge in [0.15, 0.2) is 5.69 Å². The summed E-state index contributed by atoms with van der Waals surface area (Å²) in [6, 6.07) is 22.6. The van der Waals surface area contributed by atoms with Crippen LogP contribution in [0.4, 0.5) is 0 Å². The Labute approximate surface area is 211 Å². The molecule has 0 aliphatic heterocycles. The summed E-state index contributed by atoms with van der Waals surface area (Å²) in [5.41, 5.74) is 3.07. The van der Waals surface area contributed by atoms with Gasteiger partial charge in [-0.05, 0) is 42.0 Å². The average Bonchev–Trinajstić information content (AvgIpc) is 3.22. The van der Waals surface area contributed by atoms with Gasteiger partial charge in [0.2, 0.25) is 0 Å². The Morgan fingerprint density at radius 3 is 2.31 bits per heavy atom. The number of carboxylic acid groups (broad SMARTS) is 1. The first kappa shape index (κ1) is 24.0. The molecule has 4 aromatic rings. The van der Waals surface area contributed by atoms with E-state index in [-0.39, 0.29) is 17.8 Å². The number of amides is 1. The molecule has 0 saturated heterocycles. The van der Waals surface area contributed by atoms with E-state index < -0.39 is 18.3 Å². The molecule has 0 aliphatic rings. The molecular weight excluding hydrogens is 487 g/mol. The largest absolute Gasteiger partial charge is 0.481 e. The highest BCUT2D eigenvalue weighted by atomic mass is 35.5. The number of aliphatic carboxylic acids is 1. The minimum Gasteiger partial charge on any atom is -0.481 e. The van der Waals surface area contributed by atoms with Gasteiger partial charge in [-0.3, -0.25) is 9.59 Å². The Bertz CT molecular complexity index is 1440. The van der Waals surface area contributed by atoms with Crippen molar-refractivity contribution in [1.82, 2.24) is 15.1 Å². The molecule has 0 spiro atoms. The van der Waals surface area contributed by atoms with Gasteiger partial charge in [-0.15, -0.1) is 0 Å². The van der Waals surface area contributed by atoms with E-state index in [1.165, 1.54) is 4.68 Å². The van der Waals surface area contributed by atoms with Crippen molar-refractivity contribution in [3.8, 4) is 23.0 Å². The highest BCUT2D eigenvalue weighted by Gasteiger charge is 2.27. The highest BCUT2D eigenvalue weighted by molar-refractivity contribution is 6.32. The second kappa shape index (κ2) is 10.4. The van der Waals surface area contributed by atoms with Crippen molar-refractivity contribution < 1.29 is 14.7 Å². The number of carbonyl (C=O) groups excluding carboxylic acids is 1. The van der Waals surface area contributed by atoms with E-state index in [1.54, 1.807) is 72.8 Å². The molecular formula is C26H18Cl2N4O3. The maximum Gasteiger partial charge on any atom is 0.307 e. The highest BCUT2D eigenvalue weighted by Crippen LogP contribution is 2.33. The lowest BCUT2D eigenvalue weighted by atomic mass is 10.0. The smallest absolute Gasteiger partial charge is 0.307 e. The van der Waals surface area contributed by atoms with Gasteiger partial charge in [0, 0.05) is 22.7 Å². The van der Waals surface area contributed by atoms with Gasteiger partial charge in [-0.1, -0.05) is 59.6 Å². The number of nitrogens with zero attached hydrogens (tertiary/aromatic N) is 3. The van der Waals surface area contributed by atoms with Crippen molar-refractivity contribution in [2.45, 2.75) is 13.0 Å². The van der Waals surface area contributed by atoms with Gasteiger partial charge in [0.05, 0.1) is 34.5 Å². The van der Waals surface area contributed by atoms with Crippen molar-refractivity contribution in [2.75, 3.05) is 0 Å². The fourth-order valence-electron chi connectivity index (χ4n) is 3.62. The minimum atomic E-state index is -1.11. The summed E-state index contributed by atoms with van der Waals surface area (Å²) < 4.78 is 1.49. The van der Waals surface area contributed by atoms with E-state index in [1.807, 2.05) is 6.07 Å². The Hall–Kier alpha value is -4.12. The van der Waals surface area contributed by atoms with Crippen molar-refractivity contribution in [2.24, 2.45) is 0 Å². The number of carboxylic acids is 1. The van der Waals surface area contributed by atoms with Crippen LogP contribution in [0.25, 0.3) is 16.9 Å². The zero-order valence-electron chi connectivity index (χ0n) is 18.2. The van der Waals surface area contributed by atoms with E-state index in [0.29, 0.717) is 32.6 Å². The van der Waals surface area contributed by atoms with Crippen molar-refractivity contribution in [1.29, 1.82) is 5.26 Å². The molecule has 0 atom stereocenters. The van der Waals surface area contributed by atoms with Gasteiger partial charge >= 0.3 is 5.97 Å². The molecule has 0 unspecified atom stereocenters. The quantitative estimate of drug-likeness (QED) is 0.356. The number of halogens is 2. The van der Waals surface area contributed by atoms with Crippen molar-refractivity contribution in [3.63, 3.8) is 0 Å². The van der Waals surface area contributed by atoms with E-state index in [4.69, 9.17) is 28.5 Å². The Morgan fingerprint density at radius 2 is 1.69 bits per heavy atom. The lowest BCUT2D eigenvalue weighted by Crippen LogP contribution is -2.25. The number of nitriles is 1. The van der Waals surface area contributed by atoms with Crippen molar-refractivity contribution in [3.05, 3.63) is 105 Å². The number of nitrogens with one attached hydrogen (secondary N) is 1. The summed E-state index contributed by atoms with van der Waals surface area (Å²) in [5, 5.41) is 26.8. The van der Waals surface area contributed by atoms with Crippen molar-refractivity contribution >= 4 is 35.1 Å². The summed E-state index contributed by atoms with van der Waals surface area (Å²) >= 11 is 12.5. The zero-order valence-corrected chi connectivity index (χ0v) is 19.7. The number of rotatable bonds is 7. The van der Waals surface area contributed by atoms with E-state index in [9.17, 15) is 14.7 Å². The fraction of sp³-hybridized carbons (Fsp3) is 0.0769. The summed E-state index contributed by atoms with van der Waals surface area (Å²) in [6.45, 7) is 0.173. The molecule has 1 heterocycles. The molecule has 3 aromatic carbocycles. The molecule has 174 valence electrons. The lowest BCUT2D eigenvalue weighted by molar-refractivity contribution is -0.136. The molecule has 0 fully saturated rings. The van der Waals surface area contributed by atoms with E-state index in [2.05, 4.69) is 10.4 Å². The van der Waals surface area contributed by atoms with Crippen LogP contribution in [0.3, 0.4) is 0 Å². The first-order chi connectivity index (χ1) is 16.9. The molecule has 35 heavy (non-hydrogen) atoms. The molecule has 2 N–H and O–H groups in total. The van der Waals surface area contributed by atoms with Crippen LogP contribution >= 0.6 is 23.2 Å². The molecule has 0 bridgehead atoms. The molecule has 0 aliphatic carbocycles. The number of benzene rings is 3. The Balaban J connectivity index is 1.81. The maximum absolute atomic E-state index is 13.2. The van der Waals surface area contributed by atoms with Gasteiger partial charge in [-0.2, -0.15) is 10.4 Å². The molecule has 0 saturated carbocycles. The normalized spacial score (nSPS) is 10.5. The van der Waals surface area contributed by atoms with Gasteiger partial charge < -0.3 is 10.4 Å². The Morgan fingerprint density at radius 1 is 1.00 bits per heavy atom. The second-order valence-corrected chi connectivity index (χ2v) is 8.45. The number of hydrogen-bond acceptors (Lipinski definition) is 4. The van der Waals surface area contributed by atoms with E-state index in [0.717, 1.165) is 5.56 Å². The fourth-order valence-corrected chi connectivity index (χ4v) is 3.96. The minimum absolute atomic E-state index is 0.0223. The van der Waals surface area contributed by atoms with Crippen LogP contribution in [-0.2, 0) is 17.8 Å². The summed E-state index contributed by atoms with van der Waals surface area (Å²) in [7, 11) is 0. The topological polar surface area (TPSA) is 108 Å². The number of para-hydroxylation sites is 1. The number of carbonyl (C=O) groups is 2. The second-order valence-electron chi connectivity index (χ2n) is 7.61. The van der Waals surface area contributed by atoms with Crippen LogP contribution in [0.5, 0.6) is 0 Å². The third-order valence-corrected chi connectivity index (χ3v) is 5.83. The summed E-state index contributed by atoms with van der Waals surface area (Å²) in [5.74, 6) is -1.65. The van der Waals surface area contributed by atoms with Crippen LogP contribution in [0.1, 0.15) is 27.2 Å². The molecule has 1 amide bonds. The predicted octanol–water partition coefficient (Wildman–Crippen LogP) is 5.27. The number of aromatic nitrogens is 2. The number of hydrogen-bond donors (Lipinski definition) is 2. The predicted molar refractivity (Wildman–Crippen MR) is 133 cm³/mol. The Kier molecular flexibility index (Phi) is 7.16. The lowest BCUT2D eigenvalue weighted by Gasteiger charge is -2.11. The van der Waals surface area contributed by atoms with Gasteiger partial charge in [0.1, 0.15) is 0 Å². The van der Waals surface area contributed by atoms with Gasteiger partial charge in [-0.25, -0.2) is 4.68 Å². The first-order valence-electron chi connectivity index (χ1n) is 10.5. The van der Waals surface area contributed by atoms with Crippen LogP contribution in [0.2, 0.25) is 10.0 Å². The van der Waals surface area contributed by atoms with Crippen LogP contribution in [0, 0.1) is 11.3 Å². The SMILES string of the molecule is N#Cc1ccc(CNC(=O)c2nn(-c3ccccc3Cl)c(-c3ccc(Cl)cc3)c2CC(=O)O)cc1. The van der Waals surface area contributed by atoms with Crippen LogP contribution < -0.4 is 5.32 Å². The standard InChI is InChI=1S/C26H18Cl2N4O3/c27-19-11-9-18(10-12-19)25-20(13-23(33)34)24(31-32(25)22-4-2-1-3-21(22)28)26(35)30-15-17-7-5-16(14-29)6-8-17/h1-12H,13,15H2,(H,30,35)(H,33,34).